The number of carboxylic acid groups (broad SMARTS) is 1. The number of hydrogen-bond acceptors (Lipinski definition) is 3. The summed E-state index contributed by atoms with van der Waals surface area (Å²) in [5.74, 6) is -1.15. The third-order valence-electron chi connectivity index (χ3n) is 4.09. The second-order valence-electron chi connectivity index (χ2n) is 4.99. The number of carbonyl (C=O) groups excluding carboxylic acids is 1. The molecule has 1 atom stereocenters. The average Bonchev–Trinajstić information content (AvgIpc) is 2.68. The van der Waals surface area contributed by atoms with Gasteiger partial charge in [-0.2, -0.15) is 0 Å². The predicted octanol–water partition coefficient (Wildman–Crippen LogP) is 0.736. The molecule has 1 spiro atoms. The smallest absolute Gasteiger partial charge is 0.308 e. The van der Waals surface area contributed by atoms with E-state index >= 15 is 0 Å². The Balaban J connectivity index is 2.18. The largest absolute Gasteiger partial charge is 0.481 e. The first-order valence-electron chi connectivity index (χ1n) is 6.17. The third-order valence-corrected chi connectivity index (χ3v) is 4.09. The van der Waals surface area contributed by atoms with Crippen molar-refractivity contribution < 1.29 is 19.4 Å². The Labute approximate surface area is 101 Å². The molecule has 0 radical (unpaired) electrons. The van der Waals surface area contributed by atoms with Crippen molar-refractivity contribution in [2.24, 2.45) is 11.3 Å². The Hall–Kier alpha value is -1.10. The highest BCUT2D eigenvalue weighted by atomic mass is 16.5. The molecule has 0 aliphatic carbocycles. The molecule has 5 heteroatoms. The van der Waals surface area contributed by atoms with Crippen LogP contribution in [0.2, 0.25) is 0 Å². The Bertz CT molecular complexity index is 322. The van der Waals surface area contributed by atoms with Gasteiger partial charge in [0.15, 0.2) is 0 Å². The van der Waals surface area contributed by atoms with Crippen molar-refractivity contribution in [2.75, 3.05) is 26.3 Å². The summed E-state index contributed by atoms with van der Waals surface area (Å²) in [6.07, 6.45) is 1.94. The molecular weight excluding hydrogens is 222 g/mol. The molecule has 0 aromatic rings. The summed E-state index contributed by atoms with van der Waals surface area (Å²) >= 11 is 0. The van der Waals surface area contributed by atoms with E-state index < -0.39 is 11.9 Å². The Kier molecular flexibility index (Phi) is 3.38. The van der Waals surface area contributed by atoms with Crippen LogP contribution >= 0.6 is 0 Å². The first kappa shape index (κ1) is 12.4. The van der Waals surface area contributed by atoms with Crippen LogP contribution in [0.3, 0.4) is 0 Å². The maximum atomic E-state index is 11.7. The highest BCUT2D eigenvalue weighted by molar-refractivity contribution is 5.79. The molecule has 0 bridgehead atoms. The van der Waals surface area contributed by atoms with E-state index in [1.807, 2.05) is 6.92 Å². The lowest BCUT2D eigenvalue weighted by atomic mass is 9.72. The molecule has 2 aliphatic rings. The third kappa shape index (κ3) is 2.16. The molecule has 0 saturated carbocycles. The fourth-order valence-corrected chi connectivity index (χ4v) is 3.01. The van der Waals surface area contributed by atoms with Crippen LogP contribution in [0.1, 0.15) is 26.2 Å². The fourth-order valence-electron chi connectivity index (χ4n) is 3.01. The molecule has 5 nitrogen and oxygen atoms in total. The SMILES string of the molecule is CCC(=O)N1CC(C(=O)O)C2(CCOCC2)C1. The summed E-state index contributed by atoms with van der Waals surface area (Å²) in [6.45, 7) is 3.98. The lowest BCUT2D eigenvalue weighted by Crippen LogP contribution is -2.40. The summed E-state index contributed by atoms with van der Waals surface area (Å²) in [6, 6.07) is 0. The van der Waals surface area contributed by atoms with Gasteiger partial charge in [0.2, 0.25) is 5.91 Å². The molecule has 0 aromatic carbocycles. The molecule has 17 heavy (non-hydrogen) atoms. The van der Waals surface area contributed by atoms with Crippen molar-refractivity contribution in [3.8, 4) is 0 Å². The number of carbonyl (C=O) groups is 2. The molecule has 2 aliphatic heterocycles. The van der Waals surface area contributed by atoms with Crippen LogP contribution in [-0.2, 0) is 14.3 Å². The Morgan fingerprint density at radius 2 is 2.06 bits per heavy atom. The summed E-state index contributed by atoms with van der Waals surface area (Å²) in [5.41, 5.74) is -0.255. The zero-order valence-electron chi connectivity index (χ0n) is 10.1. The number of amides is 1. The van der Waals surface area contributed by atoms with Crippen LogP contribution in [0.4, 0.5) is 0 Å². The zero-order valence-corrected chi connectivity index (χ0v) is 10.1. The van der Waals surface area contributed by atoms with Crippen LogP contribution in [0.25, 0.3) is 0 Å². The van der Waals surface area contributed by atoms with Crippen molar-refractivity contribution in [3.63, 3.8) is 0 Å². The number of aliphatic carboxylic acids is 1. The second-order valence-corrected chi connectivity index (χ2v) is 4.99. The maximum absolute atomic E-state index is 11.7. The standard InChI is InChI=1S/C12H19NO4/c1-2-10(14)13-7-9(11(15)16)12(8-13)3-5-17-6-4-12/h9H,2-8H2,1H3,(H,15,16). The lowest BCUT2D eigenvalue weighted by Gasteiger charge is -2.36. The lowest BCUT2D eigenvalue weighted by molar-refractivity contribution is -0.146. The molecule has 1 unspecified atom stereocenters. The van der Waals surface area contributed by atoms with Crippen molar-refractivity contribution in [2.45, 2.75) is 26.2 Å². The summed E-state index contributed by atoms with van der Waals surface area (Å²) in [5, 5.41) is 9.32. The fraction of sp³-hybridized carbons (Fsp3) is 0.833. The summed E-state index contributed by atoms with van der Waals surface area (Å²) in [7, 11) is 0. The minimum absolute atomic E-state index is 0.0552. The molecule has 1 N–H and O–H groups in total. The van der Waals surface area contributed by atoms with E-state index in [1.54, 1.807) is 4.90 Å². The van der Waals surface area contributed by atoms with Gasteiger partial charge in [-0.25, -0.2) is 0 Å². The van der Waals surface area contributed by atoms with E-state index in [4.69, 9.17) is 4.74 Å². The van der Waals surface area contributed by atoms with Gasteiger partial charge in [-0.1, -0.05) is 6.92 Å². The van der Waals surface area contributed by atoms with Crippen molar-refractivity contribution >= 4 is 11.9 Å². The van der Waals surface area contributed by atoms with Gasteiger partial charge in [0, 0.05) is 38.1 Å². The predicted molar refractivity (Wildman–Crippen MR) is 60.5 cm³/mol. The molecule has 2 rings (SSSR count). The topological polar surface area (TPSA) is 66.8 Å². The van der Waals surface area contributed by atoms with Crippen LogP contribution in [0.15, 0.2) is 0 Å². The maximum Gasteiger partial charge on any atom is 0.308 e. The van der Waals surface area contributed by atoms with E-state index in [2.05, 4.69) is 0 Å². The number of hydrogen-bond donors (Lipinski definition) is 1. The van der Waals surface area contributed by atoms with E-state index in [-0.39, 0.29) is 11.3 Å². The second kappa shape index (κ2) is 4.64. The van der Waals surface area contributed by atoms with Crippen molar-refractivity contribution in [1.29, 1.82) is 0 Å². The molecule has 96 valence electrons. The summed E-state index contributed by atoms with van der Waals surface area (Å²) in [4.78, 5) is 24.8. The van der Waals surface area contributed by atoms with Crippen molar-refractivity contribution in [3.05, 3.63) is 0 Å². The van der Waals surface area contributed by atoms with Crippen LogP contribution in [-0.4, -0.2) is 48.2 Å². The van der Waals surface area contributed by atoms with Gasteiger partial charge >= 0.3 is 5.97 Å². The van der Waals surface area contributed by atoms with E-state index in [0.29, 0.717) is 32.7 Å². The van der Waals surface area contributed by atoms with Gasteiger partial charge < -0.3 is 14.7 Å². The van der Waals surface area contributed by atoms with Gasteiger partial charge in [-0.15, -0.1) is 0 Å². The average molecular weight is 241 g/mol. The summed E-state index contributed by atoms with van der Waals surface area (Å²) < 4.78 is 5.31. The molecule has 0 aromatic heterocycles. The Morgan fingerprint density at radius 1 is 1.41 bits per heavy atom. The van der Waals surface area contributed by atoms with E-state index in [1.165, 1.54) is 0 Å². The normalized spacial score (nSPS) is 27.4. The van der Waals surface area contributed by atoms with E-state index in [0.717, 1.165) is 12.8 Å². The van der Waals surface area contributed by atoms with E-state index in [9.17, 15) is 14.7 Å². The van der Waals surface area contributed by atoms with Crippen LogP contribution in [0, 0.1) is 11.3 Å². The Morgan fingerprint density at radius 3 is 2.59 bits per heavy atom. The first-order valence-corrected chi connectivity index (χ1v) is 6.17. The molecule has 2 heterocycles. The number of rotatable bonds is 2. The molecular formula is C12H19NO4. The molecule has 1 amide bonds. The highest BCUT2D eigenvalue weighted by Gasteiger charge is 2.51. The molecule has 2 saturated heterocycles. The highest BCUT2D eigenvalue weighted by Crippen LogP contribution is 2.44. The minimum Gasteiger partial charge on any atom is -0.481 e. The number of ether oxygens (including phenoxy) is 1. The van der Waals surface area contributed by atoms with Gasteiger partial charge in [-0.3, -0.25) is 9.59 Å². The minimum atomic E-state index is -0.779. The first-order chi connectivity index (χ1) is 8.09. The van der Waals surface area contributed by atoms with Gasteiger partial charge in [-0.05, 0) is 12.8 Å². The van der Waals surface area contributed by atoms with Gasteiger partial charge in [0.1, 0.15) is 0 Å². The molecule has 2 fully saturated rings. The quantitative estimate of drug-likeness (QED) is 0.774. The number of carboxylic acids is 1. The number of nitrogens with zero attached hydrogens (tertiary/aromatic N) is 1. The number of likely N-dealkylation sites (tertiary alicyclic amines) is 1. The van der Waals surface area contributed by atoms with Crippen LogP contribution < -0.4 is 0 Å². The van der Waals surface area contributed by atoms with Gasteiger partial charge in [0.25, 0.3) is 0 Å². The van der Waals surface area contributed by atoms with Gasteiger partial charge in [0.05, 0.1) is 5.92 Å². The zero-order chi connectivity index (χ0) is 12.5. The van der Waals surface area contributed by atoms with Crippen LogP contribution in [0.5, 0.6) is 0 Å². The monoisotopic (exact) mass is 241 g/mol. The van der Waals surface area contributed by atoms with Crippen molar-refractivity contribution in [1.82, 2.24) is 4.90 Å².